The Balaban J connectivity index is 1.88. The van der Waals surface area contributed by atoms with Crippen LogP contribution in [0, 0.1) is 12.7 Å². The smallest absolute Gasteiger partial charge is 0.239 e. The van der Waals surface area contributed by atoms with Crippen LogP contribution in [0.15, 0.2) is 36.4 Å². The van der Waals surface area contributed by atoms with E-state index >= 15 is 0 Å². The molecule has 0 atom stereocenters. The van der Waals surface area contributed by atoms with Gasteiger partial charge in [-0.2, -0.15) is 0 Å². The molecule has 0 aliphatic rings. The van der Waals surface area contributed by atoms with Crippen molar-refractivity contribution in [3.8, 4) is 11.5 Å². The predicted molar refractivity (Wildman–Crippen MR) is 91.0 cm³/mol. The van der Waals surface area contributed by atoms with Crippen molar-refractivity contribution in [3.05, 3.63) is 53.3 Å². The monoisotopic (exact) mass is 332 g/mol. The van der Waals surface area contributed by atoms with Crippen LogP contribution in [0.4, 0.5) is 10.1 Å². The number of halogens is 1. The number of carbonyl (C=O) groups excluding carboxylic acids is 1. The highest BCUT2D eigenvalue weighted by molar-refractivity contribution is 5.80. The van der Waals surface area contributed by atoms with Crippen LogP contribution < -0.4 is 20.1 Å². The number of benzene rings is 2. The molecular formula is C18H21FN2O3. The molecule has 0 radical (unpaired) electrons. The van der Waals surface area contributed by atoms with Gasteiger partial charge >= 0.3 is 0 Å². The third-order valence-corrected chi connectivity index (χ3v) is 3.58. The van der Waals surface area contributed by atoms with E-state index in [2.05, 4.69) is 10.6 Å². The first-order valence-electron chi connectivity index (χ1n) is 7.51. The summed E-state index contributed by atoms with van der Waals surface area (Å²) in [5.74, 6) is 0.718. The van der Waals surface area contributed by atoms with Gasteiger partial charge in [0, 0.05) is 12.2 Å². The van der Waals surface area contributed by atoms with Crippen LogP contribution in [0.2, 0.25) is 0 Å². The molecule has 0 aromatic heterocycles. The lowest BCUT2D eigenvalue weighted by Crippen LogP contribution is -2.29. The van der Waals surface area contributed by atoms with Crippen molar-refractivity contribution in [3.63, 3.8) is 0 Å². The van der Waals surface area contributed by atoms with Crippen molar-refractivity contribution in [1.29, 1.82) is 0 Å². The molecule has 5 nitrogen and oxygen atoms in total. The summed E-state index contributed by atoms with van der Waals surface area (Å²) in [4.78, 5) is 11.9. The third kappa shape index (κ3) is 4.62. The summed E-state index contributed by atoms with van der Waals surface area (Å²) in [7, 11) is 3.13. The Morgan fingerprint density at radius 3 is 2.54 bits per heavy atom. The van der Waals surface area contributed by atoms with Crippen molar-refractivity contribution < 1.29 is 18.7 Å². The van der Waals surface area contributed by atoms with E-state index in [1.54, 1.807) is 26.4 Å². The Kier molecular flexibility index (Phi) is 6.01. The second-order valence-corrected chi connectivity index (χ2v) is 5.28. The second-order valence-electron chi connectivity index (χ2n) is 5.28. The molecule has 2 N–H and O–H groups in total. The molecule has 2 rings (SSSR count). The molecule has 0 bridgehead atoms. The number of hydrogen-bond acceptors (Lipinski definition) is 4. The Morgan fingerprint density at radius 1 is 1.08 bits per heavy atom. The number of ether oxygens (including phenoxy) is 2. The quantitative estimate of drug-likeness (QED) is 0.818. The highest BCUT2D eigenvalue weighted by Crippen LogP contribution is 2.27. The van der Waals surface area contributed by atoms with Crippen molar-refractivity contribution >= 4 is 11.6 Å². The fourth-order valence-corrected chi connectivity index (χ4v) is 2.21. The molecular weight excluding hydrogens is 311 g/mol. The Bertz CT molecular complexity index is 719. The maximum atomic E-state index is 13.2. The Labute approximate surface area is 140 Å². The number of aryl methyl sites for hydroxylation is 1. The van der Waals surface area contributed by atoms with Crippen LogP contribution in [0.1, 0.15) is 11.1 Å². The molecule has 0 aliphatic heterocycles. The molecule has 2 aromatic carbocycles. The van der Waals surface area contributed by atoms with Crippen molar-refractivity contribution in [2.24, 2.45) is 0 Å². The molecule has 0 fully saturated rings. The normalized spacial score (nSPS) is 10.2. The molecule has 0 aliphatic carbocycles. The summed E-state index contributed by atoms with van der Waals surface area (Å²) < 4.78 is 23.6. The second kappa shape index (κ2) is 8.19. The standard InChI is InChI=1S/C18H21FN2O3/c1-12-4-6-14(19)9-15(12)20-11-18(22)21-10-13-5-7-16(23-2)17(8-13)24-3/h4-9,20H,10-11H2,1-3H3,(H,21,22). The van der Waals surface area contributed by atoms with E-state index in [0.717, 1.165) is 11.1 Å². The lowest BCUT2D eigenvalue weighted by molar-refractivity contribution is -0.119. The van der Waals surface area contributed by atoms with E-state index in [1.165, 1.54) is 12.1 Å². The summed E-state index contributed by atoms with van der Waals surface area (Å²) in [6.45, 7) is 2.28. The first-order valence-corrected chi connectivity index (χ1v) is 7.51. The summed E-state index contributed by atoms with van der Waals surface area (Å²) in [5, 5.41) is 5.73. The van der Waals surface area contributed by atoms with Gasteiger partial charge in [0.05, 0.1) is 20.8 Å². The molecule has 1 amide bonds. The van der Waals surface area contributed by atoms with E-state index in [4.69, 9.17) is 9.47 Å². The number of carbonyl (C=O) groups is 1. The fraction of sp³-hybridized carbons (Fsp3) is 0.278. The van der Waals surface area contributed by atoms with E-state index in [9.17, 15) is 9.18 Å². The van der Waals surface area contributed by atoms with E-state index in [-0.39, 0.29) is 18.3 Å². The van der Waals surface area contributed by atoms with Crippen molar-refractivity contribution in [1.82, 2.24) is 5.32 Å². The van der Waals surface area contributed by atoms with Gasteiger partial charge in [0.25, 0.3) is 0 Å². The van der Waals surface area contributed by atoms with Gasteiger partial charge < -0.3 is 20.1 Å². The van der Waals surface area contributed by atoms with Gasteiger partial charge in [-0.3, -0.25) is 4.79 Å². The first-order chi connectivity index (χ1) is 11.5. The lowest BCUT2D eigenvalue weighted by Gasteiger charge is -2.12. The van der Waals surface area contributed by atoms with Gasteiger partial charge in [0.1, 0.15) is 5.82 Å². The molecule has 128 valence electrons. The number of nitrogens with one attached hydrogen (secondary N) is 2. The minimum Gasteiger partial charge on any atom is -0.493 e. The van der Waals surface area contributed by atoms with Gasteiger partial charge in [-0.1, -0.05) is 12.1 Å². The molecule has 0 saturated heterocycles. The van der Waals surface area contributed by atoms with Crippen LogP contribution in [-0.2, 0) is 11.3 Å². The maximum absolute atomic E-state index is 13.2. The average Bonchev–Trinajstić information content (AvgIpc) is 2.60. The Hall–Kier alpha value is -2.76. The highest BCUT2D eigenvalue weighted by atomic mass is 19.1. The van der Waals surface area contributed by atoms with Gasteiger partial charge in [-0.05, 0) is 42.3 Å². The zero-order chi connectivity index (χ0) is 17.5. The molecule has 0 spiro atoms. The third-order valence-electron chi connectivity index (χ3n) is 3.58. The zero-order valence-electron chi connectivity index (χ0n) is 14.0. The molecule has 24 heavy (non-hydrogen) atoms. The van der Waals surface area contributed by atoms with Crippen LogP contribution in [0.3, 0.4) is 0 Å². The maximum Gasteiger partial charge on any atom is 0.239 e. The van der Waals surface area contributed by atoms with Gasteiger partial charge in [-0.25, -0.2) is 4.39 Å². The average molecular weight is 332 g/mol. The molecule has 0 saturated carbocycles. The number of methoxy groups -OCH3 is 2. The summed E-state index contributed by atoms with van der Waals surface area (Å²) in [6.07, 6.45) is 0. The summed E-state index contributed by atoms with van der Waals surface area (Å²) in [6, 6.07) is 9.87. The Morgan fingerprint density at radius 2 is 1.83 bits per heavy atom. The number of amides is 1. The minimum atomic E-state index is -0.339. The van der Waals surface area contributed by atoms with Crippen LogP contribution in [0.25, 0.3) is 0 Å². The van der Waals surface area contributed by atoms with Crippen LogP contribution >= 0.6 is 0 Å². The van der Waals surface area contributed by atoms with Crippen molar-refractivity contribution in [2.75, 3.05) is 26.1 Å². The lowest BCUT2D eigenvalue weighted by atomic mass is 10.2. The minimum absolute atomic E-state index is 0.0670. The fourth-order valence-electron chi connectivity index (χ4n) is 2.21. The van der Waals surface area contributed by atoms with Gasteiger partial charge in [0.15, 0.2) is 11.5 Å². The largest absolute Gasteiger partial charge is 0.493 e. The molecule has 0 heterocycles. The van der Waals surface area contributed by atoms with E-state index in [0.29, 0.717) is 23.7 Å². The van der Waals surface area contributed by atoms with Gasteiger partial charge in [-0.15, -0.1) is 0 Å². The van der Waals surface area contributed by atoms with Crippen LogP contribution in [0.5, 0.6) is 11.5 Å². The first kappa shape index (κ1) is 17.6. The predicted octanol–water partition coefficient (Wildman–Crippen LogP) is 2.88. The summed E-state index contributed by atoms with van der Waals surface area (Å²) >= 11 is 0. The SMILES string of the molecule is COc1ccc(CNC(=O)CNc2cc(F)ccc2C)cc1OC. The van der Waals surface area contributed by atoms with E-state index in [1.807, 2.05) is 19.1 Å². The molecule has 0 unspecified atom stereocenters. The number of hydrogen-bond donors (Lipinski definition) is 2. The summed E-state index contributed by atoms with van der Waals surface area (Å²) in [5.41, 5.74) is 2.38. The molecule has 6 heteroatoms. The van der Waals surface area contributed by atoms with Crippen LogP contribution in [-0.4, -0.2) is 26.7 Å². The number of anilines is 1. The highest BCUT2D eigenvalue weighted by Gasteiger charge is 2.07. The number of rotatable bonds is 7. The zero-order valence-corrected chi connectivity index (χ0v) is 14.0. The van der Waals surface area contributed by atoms with Gasteiger partial charge in [0.2, 0.25) is 5.91 Å². The van der Waals surface area contributed by atoms with E-state index < -0.39 is 0 Å². The topological polar surface area (TPSA) is 59.6 Å². The van der Waals surface area contributed by atoms with Crippen molar-refractivity contribution in [2.45, 2.75) is 13.5 Å². The molecule has 2 aromatic rings.